The van der Waals surface area contributed by atoms with E-state index in [2.05, 4.69) is 17.1 Å². The fourth-order valence-corrected chi connectivity index (χ4v) is 2.68. The Kier molecular flexibility index (Phi) is 5.22. The number of carbonyl (C=O) groups is 1. The van der Waals surface area contributed by atoms with Gasteiger partial charge in [0.2, 0.25) is 11.8 Å². The maximum atomic E-state index is 12.8. The van der Waals surface area contributed by atoms with Crippen LogP contribution in [0.25, 0.3) is 11.5 Å². The van der Waals surface area contributed by atoms with E-state index >= 15 is 0 Å². The van der Waals surface area contributed by atoms with Crippen molar-refractivity contribution in [1.29, 1.82) is 0 Å². The number of nitrogens with zero attached hydrogens (tertiary/aromatic N) is 3. The molecule has 0 spiro atoms. The van der Waals surface area contributed by atoms with Crippen molar-refractivity contribution in [3.8, 4) is 11.5 Å². The van der Waals surface area contributed by atoms with Crippen molar-refractivity contribution in [3.05, 3.63) is 35.7 Å². The Morgan fingerprint density at radius 3 is 3.12 bits per heavy atom. The number of carbonyl (C=O) groups excluding carboxylic acids is 1. The molecule has 1 aromatic heterocycles. The van der Waals surface area contributed by atoms with E-state index in [0.29, 0.717) is 49.6 Å². The first kappa shape index (κ1) is 16.6. The highest BCUT2D eigenvalue weighted by molar-refractivity contribution is 5.95. The summed E-state index contributed by atoms with van der Waals surface area (Å²) in [4.78, 5) is 14.6. The van der Waals surface area contributed by atoms with E-state index in [9.17, 15) is 4.79 Å². The third kappa shape index (κ3) is 3.80. The van der Waals surface area contributed by atoms with Crippen LogP contribution in [0, 0.1) is 5.92 Å². The number of aromatic nitrogens is 2. The minimum atomic E-state index is -0.00849. The summed E-state index contributed by atoms with van der Waals surface area (Å²) in [5.74, 6) is 1.10. The lowest BCUT2D eigenvalue weighted by atomic mass is 10.1. The van der Waals surface area contributed by atoms with Crippen molar-refractivity contribution in [3.63, 3.8) is 0 Å². The molecule has 1 aliphatic rings. The maximum absolute atomic E-state index is 12.8. The summed E-state index contributed by atoms with van der Waals surface area (Å²) in [6, 6.07) is 7.24. The largest absolute Gasteiger partial charge is 0.418 e. The minimum Gasteiger partial charge on any atom is -0.418 e. The fraction of sp³-hybridized carbons (Fsp3) is 0.471. The third-order valence-corrected chi connectivity index (χ3v) is 3.82. The molecule has 1 aliphatic heterocycles. The molecule has 1 saturated heterocycles. The first-order valence-corrected chi connectivity index (χ1v) is 7.96. The molecular weight excluding hydrogens is 310 g/mol. The quantitative estimate of drug-likeness (QED) is 0.853. The van der Waals surface area contributed by atoms with Crippen LogP contribution in [0.15, 0.2) is 28.7 Å². The second-order valence-electron chi connectivity index (χ2n) is 5.95. The molecule has 0 aliphatic carbocycles. The zero-order chi connectivity index (χ0) is 16.9. The van der Waals surface area contributed by atoms with Crippen LogP contribution < -0.4 is 0 Å². The zero-order valence-electron chi connectivity index (χ0n) is 13.9. The van der Waals surface area contributed by atoms with Crippen LogP contribution >= 0.6 is 0 Å². The Hall–Kier alpha value is -2.25. The van der Waals surface area contributed by atoms with Crippen LogP contribution in [0.2, 0.25) is 0 Å². The molecule has 3 rings (SSSR count). The van der Waals surface area contributed by atoms with Gasteiger partial charge in [-0.05, 0) is 24.1 Å². The van der Waals surface area contributed by atoms with E-state index in [1.165, 1.54) is 0 Å². The number of methoxy groups -OCH3 is 1. The summed E-state index contributed by atoms with van der Waals surface area (Å²) in [6.07, 6.45) is 0. The second-order valence-corrected chi connectivity index (χ2v) is 5.95. The molecule has 128 valence electrons. The second kappa shape index (κ2) is 7.55. The monoisotopic (exact) mass is 331 g/mol. The van der Waals surface area contributed by atoms with Gasteiger partial charge < -0.3 is 18.8 Å². The van der Waals surface area contributed by atoms with Gasteiger partial charge in [-0.3, -0.25) is 4.79 Å². The Balaban J connectivity index is 1.79. The van der Waals surface area contributed by atoms with E-state index in [-0.39, 0.29) is 12.5 Å². The zero-order valence-corrected chi connectivity index (χ0v) is 13.9. The summed E-state index contributed by atoms with van der Waals surface area (Å²) in [7, 11) is 1.56. The highest BCUT2D eigenvalue weighted by atomic mass is 16.5. The van der Waals surface area contributed by atoms with Crippen molar-refractivity contribution >= 4 is 5.91 Å². The smallest absolute Gasteiger partial charge is 0.253 e. The molecule has 0 radical (unpaired) electrons. The SMILES string of the molecule is COCc1nnc(-c2cccc(C(=O)N3CCOCC(C)C3)c2)o1. The van der Waals surface area contributed by atoms with Crippen molar-refractivity contribution in [2.24, 2.45) is 5.92 Å². The van der Waals surface area contributed by atoms with Crippen LogP contribution in [0.5, 0.6) is 0 Å². The molecule has 2 heterocycles. The van der Waals surface area contributed by atoms with Gasteiger partial charge in [0.15, 0.2) is 0 Å². The molecule has 7 nitrogen and oxygen atoms in total. The normalized spacial score (nSPS) is 18.4. The molecular formula is C17H21N3O4. The molecule has 1 aromatic carbocycles. The minimum absolute atomic E-state index is 0.00849. The molecule has 2 aromatic rings. The lowest BCUT2D eigenvalue weighted by Gasteiger charge is -2.22. The van der Waals surface area contributed by atoms with Gasteiger partial charge in [0.1, 0.15) is 6.61 Å². The average Bonchev–Trinajstić information content (AvgIpc) is 2.95. The van der Waals surface area contributed by atoms with Crippen LogP contribution in [0.4, 0.5) is 0 Å². The summed E-state index contributed by atoms with van der Waals surface area (Å²) >= 11 is 0. The highest BCUT2D eigenvalue weighted by Crippen LogP contribution is 2.21. The molecule has 0 saturated carbocycles. The van der Waals surface area contributed by atoms with Crippen LogP contribution in [0.3, 0.4) is 0 Å². The van der Waals surface area contributed by atoms with Crippen molar-refractivity contribution in [1.82, 2.24) is 15.1 Å². The van der Waals surface area contributed by atoms with Crippen LogP contribution in [-0.2, 0) is 16.1 Å². The number of hydrogen-bond donors (Lipinski definition) is 0. The van der Waals surface area contributed by atoms with E-state index in [1.807, 2.05) is 17.0 Å². The topological polar surface area (TPSA) is 77.7 Å². The van der Waals surface area contributed by atoms with Gasteiger partial charge in [0.05, 0.1) is 13.2 Å². The summed E-state index contributed by atoms with van der Waals surface area (Å²) < 4.78 is 16.0. The number of amides is 1. The number of hydrogen-bond acceptors (Lipinski definition) is 6. The Labute approximate surface area is 140 Å². The van der Waals surface area contributed by atoms with Gasteiger partial charge in [-0.25, -0.2) is 0 Å². The predicted molar refractivity (Wildman–Crippen MR) is 86.3 cm³/mol. The van der Waals surface area contributed by atoms with E-state index in [0.717, 1.165) is 5.56 Å². The van der Waals surface area contributed by atoms with Crippen LogP contribution in [-0.4, -0.2) is 54.4 Å². The van der Waals surface area contributed by atoms with Gasteiger partial charge >= 0.3 is 0 Å². The molecule has 7 heteroatoms. The lowest BCUT2D eigenvalue weighted by molar-refractivity contribution is 0.0738. The summed E-state index contributed by atoms with van der Waals surface area (Å²) in [5, 5.41) is 7.92. The van der Waals surface area contributed by atoms with Crippen molar-refractivity contribution in [2.45, 2.75) is 13.5 Å². The van der Waals surface area contributed by atoms with E-state index in [1.54, 1.807) is 19.2 Å². The predicted octanol–water partition coefficient (Wildman–Crippen LogP) is 1.99. The Bertz CT molecular complexity index is 701. The first-order chi connectivity index (χ1) is 11.7. The molecule has 0 bridgehead atoms. The van der Waals surface area contributed by atoms with Crippen molar-refractivity contribution < 1.29 is 18.7 Å². The van der Waals surface area contributed by atoms with Gasteiger partial charge in [-0.1, -0.05) is 13.0 Å². The molecule has 1 atom stereocenters. The molecule has 1 fully saturated rings. The highest BCUT2D eigenvalue weighted by Gasteiger charge is 2.21. The molecule has 1 amide bonds. The fourth-order valence-electron chi connectivity index (χ4n) is 2.68. The van der Waals surface area contributed by atoms with Gasteiger partial charge in [-0.15, -0.1) is 10.2 Å². The molecule has 1 unspecified atom stereocenters. The van der Waals surface area contributed by atoms with Gasteiger partial charge in [0.25, 0.3) is 5.91 Å². The maximum Gasteiger partial charge on any atom is 0.253 e. The summed E-state index contributed by atoms with van der Waals surface area (Å²) in [5.41, 5.74) is 1.32. The lowest BCUT2D eigenvalue weighted by Crippen LogP contribution is -2.35. The third-order valence-electron chi connectivity index (χ3n) is 3.82. The standard InChI is InChI=1S/C17H21N3O4/c1-12-9-20(6-7-23-10-12)17(21)14-5-3-4-13(8-14)16-19-18-15(24-16)11-22-2/h3-5,8,12H,6-7,9-11H2,1-2H3. The van der Waals surface area contributed by atoms with Gasteiger partial charge in [-0.2, -0.15) is 0 Å². The van der Waals surface area contributed by atoms with Gasteiger partial charge in [0, 0.05) is 31.3 Å². The molecule has 24 heavy (non-hydrogen) atoms. The van der Waals surface area contributed by atoms with Crippen molar-refractivity contribution in [2.75, 3.05) is 33.4 Å². The van der Waals surface area contributed by atoms with E-state index in [4.69, 9.17) is 13.9 Å². The average molecular weight is 331 g/mol. The van der Waals surface area contributed by atoms with Crippen LogP contribution in [0.1, 0.15) is 23.2 Å². The molecule has 0 N–H and O–H groups in total. The first-order valence-electron chi connectivity index (χ1n) is 7.96. The number of benzene rings is 1. The van der Waals surface area contributed by atoms with E-state index < -0.39 is 0 Å². The Morgan fingerprint density at radius 1 is 1.42 bits per heavy atom. The number of rotatable bonds is 4. The number of ether oxygens (including phenoxy) is 2. The summed E-state index contributed by atoms with van der Waals surface area (Å²) in [6.45, 7) is 4.90. The Morgan fingerprint density at radius 2 is 2.29 bits per heavy atom.